The van der Waals surface area contributed by atoms with Gasteiger partial charge >= 0.3 is 12.0 Å². The summed E-state index contributed by atoms with van der Waals surface area (Å²) < 4.78 is 10.6. The quantitative estimate of drug-likeness (QED) is 0.822. The molecule has 1 aliphatic heterocycles. The molecule has 1 aliphatic rings. The number of carbonyl (C=O) groups excluding carboxylic acids is 1. The monoisotopic (exact) mass is 350 g/mol. The number of hydrogen-bond donors (Lipinski definition) is 2. The number of carboxylic acid groups (broad SMARTS) is 1. The molecular weight excluding hydrogens is 324 g/mol. The Bertz CT molecular complexity index is 647. The Morgan fingerprint density at radius 3 is 2.36 bits per heavy atom. The Kier molecular flexibility index (Phi) is 6.12. The predicted octanol–water partition coefficient (Wildman–Crippen LogP) is 2.27. The maximum atomic E-state index is 12.5. The first-order chi connectivity index (χ1) is 11.9. The van der Waals surface area contributed by atoms with Gasteiger partial charge in [-0.15, -0.1) is 0 Å². The molecule has 1 aromatic rings. The van der Waals surface area contributed by atoms with Crippen LogP contribution in [0.15, 0.2) is 12.1 Å². The third-order valence-corrected chi connectivity index (χ3v) is 4.76. The van der Waals surface area contributed by atoms with Crippen molar-refractivity contribution >= 4 is 12.0 Å². The highest BCUT2D eigenvalue weighted by Gasteiger charge is 2.29. The van der Waals surface area contributed by atoms with Crippen LogP contribution in [-0.4, -0.2) is 48.8 Å². The van der Waals surface area contributed by atoms with Crippen LogP contribution in [0.2, 0.25) is 0 Å². The molecule has 2 N–H and O–H groups in total. The lowest BCUT2D eigenvalue weighted by atomic mass is 9.98. The minimum Gasteiger partial charge on any atom is -0.493 e. The average Bonchev–Trinajstić information content (AvgIpc) is 2.63. The highest BCUT2D eigenvalue weighted by Crippen LogP contribution is 2.33. The second-order valence-electron chi connectivity index (χ2n) is 6.30. The SMILES string of the molecule is CCC(C)C(NC(=O)N1CCc2cc(OC)c(OC)cc2C1)C(=O)O. The van der Waals surface area contributed by atoms with E-state index in [-0.39, 0.29) is 11.9 Å². The molecule has 2 rings (SSSR count). The van der Waals surface area contributed by atoms with E-state index in [1.165, 1.54) is 0 Å². The first-order valence-electron chi connectivity index (χ1n) is 8.43. The Hall–Kier alpha value is -2.44. The molecule has 2 atom stereocenters. The molecule has 0 spiro atoms. The number of nitrogens with one attached hydrogen (secondary N) is 1. The fraction of sp³-hybridized carbons (Fsp3) is 0.556. The van der Waals surface area contributed by atoms with Crippen LogP contribution in [0, 0.1) is 5.92 Å². The summed E-state index contributed by atoms with van der Waals surface area (Å²) in [5.74, 6) is 0.141. The van der Waals surface area contributed by atoms with Gasteiger partial charge in [-0.05, 0) is 35.6 Å². The lowest BCUT2D eigenvalue weighted by molar-refractivity contribution is -0.140. The first kappa shape index (κ1) is 18.9. The van der Waals surface area contributed by atoms with Crippen molar-refractivity contribution in [3.8, 4) is 11.5 Å². The molecule has 1 aromatic carbocycles. The Balaban J connectivity index is 2.13. The minimum absolute atomic E-state index is 0.136. The van der Waals surface area contributed by atoms with Gasteiger partial charge in [0.1, 0.15) is 6.04 Å². The average molecular weight is 350 g/mol. The van der Waals surface area contributed by atoms with E-state index in [9.17, 15) is 14.7 Å². The van der Waals surface area contributed by atoms with Crippen LogP contribution in [0.1, 0.15) is 31.4 Å². The van der Waals surface area contributed by atoms with E-state index in [1.807, 2.05) is 26.0 Å². The van der Waals surface area contributed by atoms with E-state index in [2.05, 4.69) is 5.32 Å². The van der Waals surface area contributed by atoms with Crippen LogP contribution in [-0.2, 0) is 17.8 Å². The number of nitrogens with zero attached hydrogens (tertiary/aromatic N) is 1. The fourth-order valence-corrected chi connectivity index (χ4v) is 2.96. The van der Waals surface area contributed by atoms with Gasteiger partial charge in [-0.25, -0.2) is 9.59 Å². The van der Waals surface area contributed by atoms with Crippen LogP contribution in [0.4, 0.5) is 4.79 Å². The number of benzene rings is 1. The maximum Gasteiger partial charge on any atom is 0.326 e. The molecule has 1 heterocycles. The molecule has 0 saturated carbocycles. The van der Waals surface area contributed by atoms with Gasteiger partial charge in [0.2, 0.25) is 0 Å². The van der Waals surface area contributed by atoms with Gasteiger partial charge in [-0.2, -0.15) is 0 Å². The Morgan fingerprint density at radius 2 is 1.84 bits per heavy atom. The largest absolute Gasteiger partial charge is 0.493 e. The normalized spacial score (nSPS) is 15.8. The van der Waals surface area contributed by atoms with E-state index >= 15 is 0 Å². The van der Waals surface area contributed by atoms with E-state index in [1.54, 1.807) is 19.1 Å². The third-order valence-electron chi connectivity index (χ3n) is 4.76. The van der Waals surface area contributed by atoms with Gasteiger partial charge in [0.15, 0.2) is 11.5 Å². The zero-order chi connectivity index (χ0) is 18.6. The summed E-state index contributed by atoms with van der Waals surface area (Å²) in [6.45, 7) is 4.67. The Labute approximate surface area is 147 Å². The summed E-state index contributed by atoms with van der Waals surface area (Å²) in [5.41, 5.74) is 2.09. The molecule has 25 heavy (non-hydrogen) atoms. The van der Waals surface area contributed by atoms with E-state index in [0.717, 1.165) is 11.1 Å². The van der Waals surface area contributed by atoms with E-state index in [0.29, 0.717) is 37.4 Å². The number of ether oxygens (including phenoxy) is 2. The van der Waals surface area contributed by atoms with Gasteiger partial charge < -0.3 is 24.8 Å². The van der Waals surface area contributed by atoms with Crippen molar-refractivity contribution in [2.75, 3.05) is 20.8 Å². The summed E-state index contributed by atoms with van der Waals surface area (Å²) in [5, 5.41) is 12.0. The zero-order valence-electron chi connectivity index (χ0n) is 15.2. The van der Waals surface area contributed by atoms with Crippen molar-refractivity contribution in [3.05, 3.63) is 23.3 Å². The first-order valence-corrected chi connectivity index (χ1v) is 8.43. The standard InChI is InChI=1S/C18H26N2O5/c1-5-11(2)16(17(21)22)19-18(23)20-7-6-12-8-14(24-3)15(25-4)9-13(12)10-20/h8-9,11,16H,5-7,10H2,1-4H3,(H,19,23)(H,21,22). The highest BCUT2D eigenvalue weighted by molar-refractivity contribution is 5.83. The number of methoxy groups -OCH3 is 2. The molecule has 138 valence electrons. The van der Waals surface area contributed by atoms with Crippen LogP contribution in [0.5, 0.6) is 11.5 Å². The van der Waals surface area contributed by atoms with Gasteiger partial charge in [-0.3, -0.25) is 0 Å². The highest BCUT2D eigenvalue weighted by atomic mass is 16.5. The number of aliphatic carboxylic acids is 1. The molecular formula is C18H26N2O5. The van der Waals surface area contributed by atoms with Gasteiger partial charge in [-0.1, -0.05) is 20.3 Å². The van der Waals surface area contributed by atoms with Crippen molar-refractivity contribution in [2.45, 2.75) is 39.3 Å². The van der Waals surface area contributed by atoms with E-state index < -0.39 is 12.0 Å². The molecule has 2 unspecified atom stereocenters. The van der Waals surface area contributed by atoms with Crippen LogP contribution >= 0.6 is 0 Å². The zero-order valence-corrected chi connectivity index (χ0v) is 15.2. The summed E-state index contributed by atoms with van der Waals surface area (Å²) in [4.78, 5) is 25.6. The van der Waals surface area contributed by atoms with Crippen molar-refractivity contribution in [1.29, 1.82) is 0 Å². The van der Waals surface area contributed by atoms with Crippen LogP contribution in [0.3, 0.4) is 0 Å². The summed E-state index contributed by atoms with van der Waals surface area (Å²) in [6.07, 6.45) is 1.36. The topological polar surface area (TPSA) is 88.1 Å². The summed E-state index contributed by atoms with van der Waals surface area (Å²) >= 11 is 0. The molecule has 0 saturated heterocycles. The van der Waals surface area contributed by atoms with Gasteiger partial charge in [0, 0.05) is 13.1 Å². The van der Waals surface area contributed by atoms with Crippen LogP contribution < -0.4 is 14.8 Å². The number of carboxylic acids is 1. The molecule has 0 aliphatic carbocycles. The van der Waals surface area contributed by atoms with Crippen molar-refractivity contribution in [3.63, 3.8) is 0 Å². The van der Waals surface area contributed by atoms with Crippen LogP contribution in [0.25, 0.3) is 0 Å². The molecule has 7 nitrogen and oxygen atoms in total. The minimum atomic E-state index is -1.01. The molecule has 2 amide bonds. The maximum absolute atomic E-state index is 12.5. The van der Waals surface area contributed by atoms with Gasteiger partial charge in [0.05, 0.1) is 14.2 Å². The lowest BCUT2D eigenvalue weighted by Crippen LogP contribution is -2.51. The van der Waals surface area contributed by atoms with Crippen molar-refractivity contribution in [1.82, 2.24) is 10.2 Å². The Morgan fingerprint density at radius 1 is 1.24 bits per heavy atom. The number of amides is 2. The molecule has 0 aromatic heterocycles. The van der Waals surface area contributed by atoms with E-state index in [4.69, 9.17) is 9.47 Å². The number of fused-ring (bicyclic) bond motifs is 1. The molecule has 0 bridgehead atoms. The lowest BCUT2D eigenvalue weighted by Gasteiger charge is -2.31. The third kappa shape index (κ3) is 4.15. The second-order valence-corrected chi connectivity index (χ2v) is 6.30. The second kappa shape index (κ2) is 8.09. The van der Waals surface area contributed by atoms with Gasteiger partial charge in [0.25, 0.3) is 0 Å². The number of hydrogen-bond acceptors (Lipinski definition) is 4. The summed E-state index contributed by atoms with van der Waals surface area (Å²) in [7, 11) is 3.16. The predicted molar refractivity (Wildman–Crippen MR) is 93.1 cm³/mol. The fourth-order valence-electron chi connectivity index (χ4n) is 2.96. The smallest absolute Gasteiger partial charge is 0.326 e. The van der Waals surface area contributed by atoms with Crippen molar-refractivity contribution in [2.24, 2.45) is 5.92 Å². The molecule has 7 heteroatoms. The van der Waals surface area contributed by atoms with Crippen molar-refractivity contribution < 1.29 is 24.2 Å². The molecule has 0 radical (unpaired) electrons. The molecule has 0 fully saturated rings. The number of carbonyl (C=O) groups is 2. The number of urea groups is 1. The number of rotatable bonds is 6. The summed E-state index contributed by atoms with van der Waals surface area (Å²) in [6, 6.07) is 2.57.